The lowest BCUT2D eigenvalue weighted by Crippen LogP contribution is -2.34. The molecule has 0 bridgehead atoms. The molecule has 0 aliphatic heterocycles. The predicted octanol–water partition coefficient (Wildman–Crippen LogP) is 1.53. The Kier molecular flexibility index (Phi) is 3.68. The fraction of sp³-hybridized carbons (Fsp3) is 0.538. The van der Waals surface area contributed by atoms with E-state index in [1.165, 1.54) is 32.2 Å². The second-order valence-electron chi connectivity index (χ2n) is 5.31. The number of aliphatic hydroxyl groups is 1. The van der Waals surface area contributed by atoms with E-state index in [0.717, 1.165) is 17.1 Å². The normalized spacial score (nSPS) is 17.7. The van der Waals surface area contributed by atoms with Crippen LogP contribution in [0.25, 0.3) is 0 Å². The molecule has 1 aromatic carbocycles. The third-order valence-corrected chi connectivity index (χ3v) is 5.52. The molecule has 106 valence electrons. The molecule has 0 unspecified atom stereocenters. The first-order valence-electron chi connectivity index (χ1n) is 6.15. The summed E-state index contributed by atoms with van der Waals surface area (Å²) in [6.07, 6.45) is 1.61. The van der Waals surface area contributed by atoms with Gasteiger partial charge in [-0.3, -0.25) is 0 Å². The number of halogens is 1. The molecule has 1 fully saturated rings. The predicted molar refractivity (Wildman–Crippen MR) is 69.7 cm³/mol. The molecular formula is C13H18FNO3S. The fourth-order valence-corrected chi connectivity index (χ4v) is 3.51. The molecule has 1 saturated carbocycles. The number of benzene rings is 1. The molecule has 0 atom stereocenters. The van der Waals surface area contributed by atoms with Crippen LogP contribution < -0.4 is 0 Å². The van der Waals surface area contributed by atoms with Crippen LogP contribution in [0, 0.1) is 18.2 Å². The average molecular weight is 287 g/mol. The zero-order valence-electron chi connectivity index (χ0n) is 11.1. The summed E-state index contributed by atoms with van der Waals surface area (Å²) in [5, 5.41) is 9.24. The van der Waals surface area contributed by atoms with Gasteiger partial charge in [0.1, 0.15) is 10.7 Å². The maximum atomic E-state index is 13.9. The second-order valence-corrected chi connectivity index (χ2v) is 7.32. The highest BCUT2D eigenvalue weighted by atomic mass is 32.2. The highest BCUT2D eigenvalue weighted by Crippen LogP contribution is 2.46. The lowest BCUT2D eigenvalue weighted by Gasteiger charge is -2.22. The lowest BCUT2D eigenvalue weighted by atomic mass is 10.1. The Morgan fingerprint density at radius 3 is 2.58 bits per heavy atom. The molecule has 1 aliphatic rings. The van der Waals surface area contributed by atoms with E-state index in [9.17, 15) is 17.9 Å². The van der Waals surface area contributed by atoms with Gasteiger partial charge in [0.05, 0.1) is 0 Å². The van der Waals surface area contributed by atoms with Crippen molar-refractivity contribution in [2.24, 2.45) is 5.41 Å². The van der Waals surface area contributed by atoms with Gasteiger partial charge in [0.2, 0.25) is 10.0 Å². The van der Waals surface area contributed by atoms with Crippen molar-refractivity contribution in [3.05, 3.63) is 29.6 Å². The number of rotatable bonds is 5. The quantitative estimate of drug-likeness (QED) is 0.893. The van der Waals surface area contributed by atoms with E-state index >= 15 is 0 Å². The molecule has 1 aromatic rings. The van der Waals surface area contributed by atoms with Gasteiger partial charge in [0, 0.05) is 25.6 Å². The summed E-state index contributed by atoms with van der Waals surface area (Å²) in [6.45, 7) is 1.72. The first-order chi connectivity index (χ1) is 8.82. The zero-order valence-corrected chi connectivity index (χ0v) is 11.9. The Balaban J connectivity index is 2.29. The molecular weight excluding hydrogens is 269 g/mol. The van der Waals surface area contributed by atoms with Crippen LogP contribution in [0.1, 0.15) is 18.4 Å². The SMILES string of the molecule is Cc1cccc(S(=O)(=O)N(C)CC2(CO)CC2)c1F. The highest BCUT2D eigenvalue weighted by Gasteiger charge is 2.45. The number of nitrogens with zero attached hydrogens (tertiary/aromatic N) is 1. The Bertz CT molecular complexity index is 582. The van der Waals surface area contributed by atoms with Crippen molar-refractivity contribution < 1.29 is 17.9 Å². The largest absolute Gasteiger partial charge is 0.396 e. The van der Waals surface area contributed by atoms with Crippen molar-refractivity contribution in [1.82, 2.24) is 4.31 Å². The van der Waals surface area contributed by atoms with Gasteiger partial charge in [-0.1, -0.05) is 12.1 Å². The molecule has 1 N–H and O–H groups in total. The van der Waals surface area contributed by atoms with Crippen molar-refractivity contribution >= 4 is 10.0 Å². The maximum absolute atomic E-state index is 13.9. The third-order valence-electron chi connectivity index (χ3n) is 3.70. The van der Waals surface area contributed by atoms with E-state index in [4.69, 9.17) is 0 Å². The molecule has 4 nitrogen and oxygen atoms in total. The van der Waals surface area contributed by atoms with Crippen LogP contribution in [-0.2, 0) is 10.0 Å². The standard InChI is InChI=1S/C13H18FNO3S/c1-10-4-3-5-11(12(10)14)19(17,18)15(2)8-13(9-16)6-7-13/h3-5,16H,6-9H2,1-2H3. The summed E-state index contributed by atoms with van der Waals surface area (Å²) in [5.41, 5.74) is -0.0277. The van der Waals surface area contributed by atoms with Crippen LogP contribution in [0.4, 0.5) is 4.39 Å². The molecule has 0 radical (unpaired) electrons. The Morgan fingerprint density at radius 2 is 2.05 bits per heavy atom. The monoisotopic (exact) mass is 287 g/mol. The molecule has 2 rings (SSSR count). The van der Waals surface area contributed by atoms with Gasteiger partial charge < -0.3 is 5.11 Å². The second kappa shape index (κ2) is 4.85. The van der Waals surface area contributed by atoms with E-state index in [1.807, 2.05) is 0 Å². The first-order valence-corrected chi connectivity index (χ1v) is 7.59. The minimum absolute atomic E-state index is 0.0385. The lowest BCUT2D eigenvalue weighted by molar-refractivity contribution is 0.192. The van der Waals surface area contributed by atoms with Crippen molar-refractivity contribution in [2.75, 3.05) is 20.2 Å². The Morgan fingerprint density at radius 1 is 1.42 bits per heavy atom. The molecule has 0 amide bonds. The van der Waals surface area contributed by atoms with Crippen LogP contribution in [-0.4, -0.2) is 38.0 Å². The van der Waals surface area contributed by atoms with Crippen molar-refractivity contribution in [3.63, 3.8) is 0 Å². The van der Waals surface area contributed by atoms with Crippen LogP contribution in [0.3, 0.4) is 0 Å². The summed E-state index contributed by atoms with van der Waals surface area (Å²) in [4.78, 5) is -0.302. The van der Waals surface area contributed by atoms with Crippen LogP contribution in [0.5, 0.6) is 0 Å². The third kappa shape index (κ3) is 2.66. The molecule has 19 heavy (non-hydrogen) atoms. The Hall–Kier alpha value is -0.980. The molecule has 1 aliphatic carbocycles. The molecule has 6 heteroatoms. The van der Waals surface area contributed by atoms with Crippen LogP contribution >= 0.6 is 0 Å². The first kappa shape index (κ1) is 14.4. The van der Waals surface area contributed by atoms with E-state index < -0.39 is 15.8 Å². The fourth-order valence-electron chi connectivity index (χ4n) is 2.09. The summed E-state index contributed by atoms with van der Waals surface area (Å²) in [5.74, 6) is -0.705. The van der Waals surface area contributed by atoms with E-state index in [2.05, 4.69) is 0 Å². The van der Waals surface area contributed by atoms with Crippen molar-refractivity contribution in [1.29, 1.82) is 0 Å². The molecule has 0 saturated heterocycles. The van der Waals surface area contributed by atoms with Gasteiger partial charge in [-0.25, -0.2) is 17.1 Å². The minimum Gasteiger partial charge on any atom is -0.396 e. The molecule has 0 spiro atoms. The molecule has 0 aromatic heterocycles. The average Bonchev–Trinajstić information content (AvgIpc) is 3.12. The summed E-state index contributed by atoms with van der Waals surface area (Å²) in [6, 6.07) is 4.33. The van der Waals surface area contributed by atoms with Crippen molar-refractivity contribution in [3.8, 4) is 0 Å². The molecule has 0 heterocycles. The summed E-state index contributed by atoms with van der Waals surface area (Å²) < 4.78 is 39.7. The number of hydrogen-bond acceptors (Lipinski definition) is 3. The number of hydrogen-bond donors (Lipinski definition) is 1. The maximum Gasteiger partial charge on any atom is 0.245 e. The van der Waals surface area contributed by atoms with Crippen molar-refractivity contribution in [2.45, 2.75) is 24.7 Å². The highest BCUT2D eigenvalue weighted by molar-refractivity contribution is 7.89. The van der Waals surface area contributed by atoms with Gasteiger partial charge in [-0.05, 0) is 31.4 Å². The van der Waals surface area contributed by atoms with E-state index in [-0.39, 0.29) is 23.5 Å². The van der Waals surface area contributed by atoms with E-state index in [0.29, 0.717) is 5.56 Å². The minimum atomic E-state index is -3.85. The van der Waals surface area contributed by atoms with E-state index in [1.54, 1.807) is 0 Å². The van der Waals surface area contributed by atoms with Gasteiger partial charge in [-0.15, -0.1) is 0 Å². The topological polar surface area (TPSA) is 57.6 Å². The summed E-state index contributed by atoms with van der Waals surface area (Å²) in [7, 11) is -2.42. The smallest absolute Gasteiger partial charge is 0.245 e. The Labute approximate surface area is 112 Å². The van der Waals surface area contributed by atoms with Gasteiger partial charge >= 0.3 is 0 Å². The zero-order chi connectivity index (χ0) is 14.3. The number of aliphatic hydroxyl groups excluding tert-OH is 1. The van der Waals surface area contributed by atoms with Crippen LogP contribution in [0.15, 0.2) is 23.1 Å². The summed E-state index contributed by atoms with van der Waals surface area (Å²) >= 11 is 0. The van der Waals surface area contributed by atoms with Crippen LogP contribution in [0.2, 0.25) is 0 Å². The number of sulfonamides is 1. The number of aryl methyl sites for hydroxylation is 1. The van der Waals surface area contributed by atoms with Gasteiger partial charge in [0.25, 0.3) is 0 Å². The van der Waals surface area contributed by atoms with Gasteiger partial charge in [0.15, 0.2) is 0 Å². The van der Waals surface area contributed by atoms with Gasteiger partial charge in [-0.2, -0.15) is 0 Å².